The summed E-state index contributed by atoms with van der Waals surface area (Å²) in [5.74, 6) is -0.583. The van der Waals surface area contributed by atoms with Gasteiger partial charge in [-0.1, -0.05) is 0 Å². The van der Waals surface area contributed by atoms with Gasteiger partial charge in [-0.25, -0.2) is 4.52 Å². The van der Waals surface area contributed by atoms with Gasteiger partial charge in [0.25, 0.3) is 0 Å². The highest BCUT2D eigenvalue weighted by Gasteiger charge is 2.34. The monoisotopic (exact) mass is 371 g/mol. The number of amides is 1. The average Bonchev–Trinajstić information content (AvgIpc) is 3.38. The zero-order valence-electron chi connectivity index (χ0n) is 15.1. The number of aromatic nitrogens is 4. The first kappa shape index (κ1) is 16.5. The van der Waals surface area contributed by atoms with E-state index in [0.717, 1.165) is 35.2 Å². The highest BCUT2D eigenvalue weighted by molar-refractivity contribution is 6.02. The molecular weight excluding hydrogens is 354 g/mol. The highest BCUT2D eigenvalue weighted by Crippen LogP contribution is 2.38. The van der Waals surface area contributed by atoms with Crippen LogP contribution in [0, 0.1) is 34.5 Å². The molecule has 3 aromatic heterocycles. The molecule has 0 aromatic carbocycles. The summed E-state index contributed by atoms with van der Waals surface area (Å²) < 4.78 is 3.69. The molecule has 1 saturated heterocycles. The zero-order chi connectivity index (χ0) is 19.3. The largest absolute Gasteiger partial charge is 0.309 e. The van der Waals surface area contributed by atoms with E-state index in [2.05, 4.69) is 22.3 Å². The molecule has 1 atom stereocenters. The van der Waals surface area contributed by atoms with E-state index < -0.39 is 5.92 Å². The van der Waals surface area contributed by atoms with Crippen molar-refractivity contribution >= 4 is 17.1 Å². The van der Waals surface area contributed by atoms with Gasteiger partial charge in [0.05, 0.1) is 41.5 Å². The Balaban J connectivity index is 1.47. The number of hydrogen-bond acceptors (Lipinski definition) is 5. The van der Waals surface area contributed by atoms with Gasteiger partial charge in [0, 0.05) is 36.3 Å². The maximum Gasteiger partial charge on any atom is 0.244 e. The molecule has 138 valence electrons. The van der Waals surface area contributed by atoms with Crippen LogP contribution < -0.4 is 4.90 Å². The van der Waals surface area contributed by atoms with Gasteiger partial charge in [-0.2, -0.15) is 20.7 Å². The van der Waals surface area contributed by atoms with E-state index in [-0.39, 0.29) is 17.9 Å². The van der Waals surface area contributed by atoms with E-state index in [0.29, 0.717) is 13.0 Å². The Kier molecular flexibility index (Phi) is 3.66. The Morgan fingerprint density at radius 2 is 1.96 bits per heavy atom. The van der Waals surface area contributed by atoms with Gasteiger partial charge in [-0.05, 0) is 31.4 Å². The lowest BCUT2D eigenvalue weighted by atomic mass is 9.81. The van der Waals surface area contributed by atoms with Crippen LogP contribution in [0.5, 0.6) is 0 Å². The second-order valence-electron chi connectivity index (χ2n) is 7.40. The lowest BCUT2D eigenvalue weighted by Crippen LogP contribution is -2.27. The molecule has 2 fully saturated rings. The Morgan fingerprint density at radius 3 is 2.71 bits per heavy atom. The van der Waals surface area contributed by atoms with Gasteiger partial charge in [-0.3, -0.25) is 9.48 Å². The van der Waals surface area contributed by atoms with Crippen LogP contribution in [0.15, 0.2) is 36.9 Å². The minimum absolute atomic E-state index is 0.136. The fourth-order valence-corrected chi connectivity index (χ4v) is 4.02. The Labute approximate surface area is 161 Å². The SMILES string of the molecule is N#CC1CC(n2cc(-c3cc4c(N5CCC(C#N)C5=O)ccnn4c3)cn2)C1. The van der Waals surface area contributed by atoms with Crippen LogP contribution in [0.4, 0.5) is 5.69 Å². The molecule has 28 heavy (non-hydrogen) atoms. The first-order valence-corrected chi connectivity index (χ1v) is 9.30. The normalized spacial score (nSPS) is 24.1. The van der Waals surface area contributed by atoms with Crippen molar-refractivity contribution < 1.29 is 4.79 Å². The second-order valence-corrected chi connectivity index (χ2v) is 7.40. The van der Waals surface area contributed by atoms with Crippen molar-refractivity contribution in [3.8, 4) is 23.3 Å². The van der Waals surface area contributed by atoms with Crippen LogP contribution in [0.25, 0.3) is 16.6 Å². The molecule has 2 aliphatic rings. The first-order chi connectivity index (χ1) is 13.7. The van der Waals surface area contributed by atoms with Crippen LogP contribution in [-0.4, -0.2) is 31.8 Å². The van der Waals surface area contributed by atoms with Gasteiger partial charge in [0.1, 0.15) is 5.92 Å². The molecule has 0 spiro atoms. The summed E-state index contributed by atoms with van der Waals surface area (Å²) in [6.07, 6.45) is 9.65. The molecule has 1 saturated carbocycles. The maximum atomic E-state index is 12.5. The predicted molar refractivity (Wildman–Crippen MR) is 99.9 cm³/mol. The molecule has 8 heteroatoms. The third-order valence-corrected chi connectivity index (χ3v) is 5.74. The number of hydrogen-bond donors (Lipinski definition) is 0. The van der Waals surface area contributed by atoms with Crippen molar-refractivity contribution in [2.24, 2.45) is 11.8 Å². The molecular formula is C20H17N7O. The van der Waals surface area contributed by atoms with Crippen molar-refractivity contribution in [1.29, 1.82) is 10.5 Å². The summed E-state index contributed by atoms with van der Waals surface area (Å²) in [7, 11) is 0. The first-order valence-electron chi connectivity index (χ1n) is 9.30. The van der Waals surface area contributed by atoms with E-state index in [4.69, 9.17) is 10.5 Å². The summed E-state index contributed by atoms with van der Waals surface area (Å²) in [6.45, 7) is 0.539. The van der Waals surface area contributed by atoms with Crippen molar-refractivity contribution in [2.75, 3.05) is 11.4 Å². The topological polar surface area (TPSA) is 103 Å². The number of fused-ring (bicyclic) bond motifs is 1. The standard InChI is InChI=1S/C20H17N7O/c21-8-13-5-17(6-13)26-12-16(10-24-26)15-7-19-18(1-3-23-27(19)11-15)25-4-2-14(9-22)20(25)28/h1,3,7,10-14,17H,2,4-6H2. The van der Waals surface area contributed by atoms with Crippen LogP contribution in [0.2, 0.25) is 0 Å². The molecule has 0 bridgehead atoms. The van der Waals surface area contributed by atoms with Crippen molar-refractivity contribution in [2.45, 2.75) is 25.3 Å². The van der Waals surface area contributed by atoms with Crippen LogP contribution in [0.3, 0.4) is 0 Å². The average molecular weight is 371 g/mol. The van der Waals surface area contributed by atoms with Gasteiger partial charge in [0.2, 0.25) is 5.91 Å². The van der Waals surface area contributed by atoms with Crippen molar-refractivity contribution in [1.82, 2.24) is 19.4 Å². The molecule has 0 N–H and O–H groups in total. The van der Waals surface area contributed by atoms with Crippen molar-refractivity contribution in [3.05, 3.63) is 36.9 Å². The lowest BCUT2D eigenvalue weighted by Gasteiger charge is -2.30. The van der Waals surface area contributed by atoms with E-state index in [1.54, 1.807) is 15.6 Å². The third-order valence-electron chi connectivity index (χ3n) is 5.74. The number of nitrogens with zero attached hydrogens (tertiary/aromatic N) is 7. The molecule has 1 aliphatic heterocycles. The molecule has 0 radical (unpaired) electrons. The maximum absolute atomic E-state index is 12.5. The summed E-state index contributed by atoms with van der Waals surface area (Å²) in [5.41, 5.74) is 3.53. The summed E-state index contributed by atoms with van der Waals surface area (Å²) >= 11 is 0. The third kappa shape index (κ3) is 2.46. The number of carbonyl (C=O) groups excluding carboxylic acids is 1. The van der Waals surface area contributed by atoms with E-state index >= 15 is 0 Å². The lowest BCUT2D eigenvalue weighted by molar-refractivity contribution is -0.118. The molecule has 1 unspecified atom stereocenters. The van der Waals surface area contributed by atoms with Crippen LogP contribution >= 0.6 is 0 Å². The predicted octanol–water partition coefficient (Wildman–Crippen LogP) is 2.55. The summed E-state index contributed by atoms with van der Waals surface area (Å²) in [6, 6.07) is 8.47. The fourth-order valence-electron chi connectivity index (χ4n) is 4.02. The summed E-state index contributed by atoms with van der Waals surface area (Å²) in [4.78, 5) is 14.1. The quantitative estimate of drug-likeness (QED) is 0.704. The smallest absolute Gasteiger partial charge is 0.244 e. The molecule has 3 aromatic rings. The van der Waals surface area contributed by atoms with Gasteiger partial charge < -0.3 is 4.90 Å². The van der Waals surface area contributed by atoms with Gasteiger partial charge in [-0.15, -0.1) is 0 Å². The molecule has 8 nitrogen and oxygen atoms in total. The number of nitriles is 2. The number of rotatable bonds is 3. The van der Waals surface area contributed by atoms with Crippen molar-refractivity contribution in [3.63, 3.8) is 0 Å². The fraction of sp³-hybridized carbons (Fsp3) is 0.350. The van der Waals surface area contributed by atoms with E-state index in [1.807, 2.05) is 35.4 Å². The number of anilines is 1. The minimum atomic E-state index is -0.569. The van der Waals surface area contributed by atoms with Crippen LogP contribution in [0.1, 0.15) is 25.3 Å². The Hall–Kier alpha value is -3.65. The highest BCUT2D eigenvalue weighted by atomic mass is 16.2. The van der Waals surface area contributed by atoms with Gasteiger partial charge in [0.15, 0.2) is 0 Å². The second kappa shape index (κ2) is 6.21. The Bertz CT molecular complexity index is 1160. The molecule has 4 heterocycles. The van der Waals surface area contributed by atoms with E-state index in [9.17, 15) is 4.79 Å². The number of carbonyl (C=O) groups is 1. The van der Waals surface area contributed by atoms with E-state index in [1.165, 1.54) is 0 Å². The minimum Gasteiger partial charge on any atom is -0.309 e. The van der Waals surface area contributed by atoms with Crippen LogP contribution in [-0.2, 0) is 4.79 Å². The summed E-state index contributed by atoms with van der Waals surface area (Å²) in [5, 5.41) is 26.9. The Morgan fingerprint density at radius 1 is 1.11 bits per heavy atom. The molecule has 5 rings (SSSR count). The molecule has 1 amide bonds. The van der Waals surface area contributed by atoms with Gasteiger partial charge >= 0.3 is 0 Å². The molecule has 1 aliphatic carbocycles. The zero-order valence-corrected chi connectivity index (χ0v) is 15.1.